The molecule has 4 rings (SSSR count). The maximum atomic E-state index is 12.9. The second-order valence-electron chi connectivity index (χ2n) is 6.65. The van der Waals surface area contributed by atoms with E-state index >= 15 is 0 Å². The van der Waals surface area contributed by atoms with Crippen molar-refractivity contribution in [2.75, 3.05) is 10.6 Å². The summed E-state index contributed by atoms with van der Waals surface area (Å²) in [5.74, 6) is 0.212. The smallest absolute Gasteiger partial charge is 0.249 e. The molecule has 1 atom stereocenters. The van der Waals surface area contributed by atoms with E-state index in [0.29, 0.717) is 5.82 Å². The topological polar surface area (TPSA) is 88.9 Å². The summed E-state index contributed by atoms with van der Waals surface area (Å²) in [5, 5.41) is 10.1. The van der Waals surface area contributed by atoms with Crippen LogP contribution in [0.4, 0.5) is 11.6 Å². The number of aromatic nitrogens is 3. The predicted octanol–water partition coefficient (Wildman–Crippen LogP) is 3.08. The Labute approximate surface area is 156 Å². The van der Waals surface area contributed by atoms with Crippen LogP contribution in [0.15, 0.2) is 48.5 Å². The standard InChI is InChI=1S/C20H19N5O2/c1-12-8-9-13(2)15(10-12)21-19(27)16-11-17(26)22-20-23-18(24-25(16)20)14-6-4-3-5-7-14/h3-10,16H,11H2,1-2H3,(H,21,27)(H,22,23,24,26). The highest BCUT2D eigenvalue weighted by atomic mass is 16.2. The van der Waals surface area contributed by atoms with Gasteiger partial charge in [-0.25, -0.2) is 4.68 Å². The van der Waals surface area contributed by atoms with E-state index in [1.54, 1.807) is 0 Å². The van der Waals surface area contributed by atoms with Gasteiger partial charge in [0, 0.05) is 11.3 Å². The Balaban J connectivity index is 1.66. The van der Waals surface area contributed by atoms with Crippen LogP contribution in [0.1, 0.15) is 23.6 Å². The fraction of sp³-hybridized carbons (Fsp3) is 0.200. The number of amides is 2. The summed E-state index contributed by atoms with van der Waals surface area (Å²) in [6, 6.07) is 14.5. The molecule has 7 nitrogen and oxygen atoms in total. The van der Waals surface area contributed by atoms with E-state index in [2.05, 4.69) is 20.7 Å². The van der Waals surface area contributed by atoms with Crippen molar-refractivity contribution in [1.82, 2.24) is 14.8 Å². The molecule has 1 unspecified atom stereocenters. The van der Waals surface area contributed by atoms with Gasteiger partial charge in [-0.05, 0) is 31.0 Å². The third-order valence-corrected chi connectivity index (χ3v) is 4.54. The minimum absolute atomic E-state index is 0.0152. The molecule has 0 aliphatic carbocycles. The van der Waals surface area contributed by atoms with Gasteiger partial charge in [0.1, 0.15) is 6.04 Å². The Bertz CT molecular complexity index is 1030. The molecule has 136 valence electrons. The lowest BCUT2D eigenvalue weighted by Crippen LogP contribution is -2.36. The number of rotatable bonds is 3. The molecule has 1 aliphatic rings. The average Bonchev–Trinajstić information content (AvgIpc) is 3.08. The van der Waals surface area contributed by atoms with Crippen molar-refractivity contribution in [3.8, 4) is 11.4 Å². The summed E-state index contributed by atoms with van der Waals surface area (Å²) >= 11 is 0. The van der Waals surface area contributed by atoms with Crippen LogP contribution in [0.25, 0.3) is 11.4 Å². The van der Waals surface area contributed by atoms with E-state index in [1.807, 2.05) is 62.4 Å². The van der Waals surface area contributed by atoms with Gasteiger partial charge in [0.05, 0.1) is 6.42 Å². The molecule has 0 spiro atoms. The lowest BCUT2D eigenvalue weighted by molar-refractivity contribution is -0.125. The van der Waals surface area contributed by atoms with Crippen molar-refractivity contribution in [3.05, 3.63) is 59.7 Å². The first-order chi connectivity index (χ1) is 13.0. The summed E-state index contributed by atoms with van der Waals surface area (Å²) in [4.78, 5) is 29.4. The van der Waals surface area contributed by atoms with E-state index in [0.717, 1.165) is 22.4 Å². The van der Waals surface area contributed by atoms with Crippen LogP contribution in [0.3, 0.4) is 0 Å². The third kappa shape index (κ3) is 3.31. The molecule has 7 heteroatoms. The number of benzene rings is 2. The number of hydrogen-bond donors (Lipinski definition) is 2. The number of fused-ring (bicyclic) bond motifs is 1. The minimum Gasteiger partial charge on any atom is -0.324 e. The van der Waals surface area contributed by atoms with Crippen LogP contribution in [-0.4, -0.2) is 26.6 Å². The van der Waals surface area contributed by atoms with Crippen LogP contribution in [-0.2, 0) is 9.59 Å². The SMILES string of the molecule is Cc1ccc(C)c(NC(=O)C2CC(=O)Nc3nc(-c4ccccc4)nn32)c1. The van der Waals surface area contributed by atoms with E-state index in [1.165, 1.54) is 4.68 Å². The van der Waals surface area contributed by atoms with Crippen LogP contribution < -0.4 is 10.6 Å². The molecular weight excluding hydrogens is 342 g/mol. The van der Waals surface area contributed by atoms with Gasteiger partial charge in [0.2, 0.25) is 17.8 Å². The van der Waals surface area contributed by atoms with Gasteiger partial charge in [-0.15, -0.1) is 5.10 Å². The Morgan fingerprint density at radius 2 is 1.96 bits per heavy atom. The van der Waals surface area contributed by atoms with Crippen LogP contribution in [0.5, 0.6) is 0 Å². The lowest BCUT2D eigenvalue weighted by Gasteiger charge is -2.23. The van der Waals surface area contributed by atoms with Gasteiger partial charge < -0.3 is 5.32 Å². The summed E-state index contributed by atoms with van der Waals surface area (Å²) in [6.45, 7) is 3.89. The van der Waals surface area contributed by atoms with E-state index in [-0.39, 0.29) is 24.2 Å². The molecular formula is C20H19N5O2. The van der Waals surface area contributed by atoms with E-state index in [4.69, 9.17) is 0 Å². The van der Waals surface area contributed by atoms with Crippen molar-refractivity contribution >= 4 is 23.5 Å². The van der Waals surface area contributed by atoms with Crippen LogP contribution in [0.2, 0.25) is 0 Å². The lowest BCUT2D eigenvalue weighted by atomic mass is 10.1. The molecule has 3 aromatic rings. The zero-order chi connectivity index (χ0) is 19.0. The average molecular weight is 361 g/mol. The Morgan fingerprint density at radius 3 is 2.74 bits per heavy atom. The third-order valence-electron chi connectivity index (χ3n) is 4.54. The zero-order valence-corrected chi connectivity index (χ0v) is 15.1. The number of aryl methyl sites for hydroxylation is 2. The van der Waals surface area contributed by atoms with Gasteiger partial charge in [-0.3, -0.25) is 14.9 Å². The first-order valence-electron chi connectivity index (χ1n) is 8.71. The first-order valence-corrected chi connectivity index (χ1v) is 8.71. The number of carbonyl (C=O) groups excluding carboxylic acids is 2. The normalized spacial score (nSPS) is 15.8. The van der Waals surface area contributed by atoms with E-state index < -0.39 is 6.04 Å². The quantitative estimate of drug-likeness (QED) is 0.750. The Hall–Kier alpha value is -3.48. The molecule has 1 aliphatic heterocycles. The molecule has 2 N–H and O–H groups in total. The molecule has 2 aromatic carbocycles. The van der Waals surface area contributed by atoms with Crippen molar-refractivity contribution < 1.29 is 9.59 Å². The number of carbonyl (C=O) groups is 2. The molecule has 0 saturated carbocycles. The maximum absolute atomic E-state index is 12.9. The Morgan fingerprint density at radius 1 is 1.19 bits per heavy atom. The largest absolute Gasteiger partial charge is 0.324 e. The Kier molecular flexibility index (Phi) is 4.19. The van der Waals surface area contributed by atoms with Crippen molar-refractivity contribution in [3.63, 3.8) is 0 Å². The summed E-state index contributed by atoms with van der Waals surface area (Å²) in [6.07, 6.45) is 0.0152. The molecule has 27 heavy (non-hydrogen) atoms. The molecule has 2 heterocycles. The van der Waals surface area contributed by atoms with Crippen LogP contribution >= 0.6 is 0 Å². The second kappa shape index (κ2) is 6.68. The highest BCUT2D eigenvalue weighted by Gasteiger charge is 2.33. The number of nitrogens with zero attached hydrogens (tertiary/aromatic N) is 3. The molecule has 0 fully saturated rings. The molecule has 0 radical (unpaired) electrons. The number of hydrogen-bond acceptors (Lipinski definition) is 4. The van der Waals surface area contributed by atoms with Gasteiger partial charge in [0.25, 0.3) is 0 Å². The number of nitrogens with one attached hydrogen (secondary N) is 2. The van der Waals surface area contributed by atoms with E-state index in [9.17, 15) is 9.59 Å². The molecule has 2 amide bonds. The summed E-state index contributed by atoms with van der Waals surface area (Å²) < 4.78 is 1.49. The molecule has 0 bridgehead atoms. The van der Waals surface area contributed by atoms with Gasteiger partial charge in [-0.2, -0.15) is 4.98 Å². The monoisotopic (exact) mass is 361 g/mol. The number of anilines is 2. The highest BCUT2D eigenvalue weighted by molar-refractivity contribution is 6.01. The van der Waals surface area contributed by atoms with Crippen molar-refractivity contribution in [1.29, 1.82) is 0 Å². The summed E-state index contributed by atoms with van der Waals surface area (Å²) in [5.41, 5.74) is 3.56. The molecule has 0 saturated heterocycles. The summed E-state index contributed by atoms with van der Waals surface area (Å²) in [7, 11) is 0. The van der Waals surface area contributed by atoms with Gasteiger partial charge >= 0.3 is 0 Å². The van der Waals surface area contributed by atoms with Crippen molar-refractivity contribution in [2.45, 2.75) is 26.3 Å². The van der Waals surface area contributed by atoms with Crippen molar-refractivity contribution in [2.24, 2.45) is 0 Å². The fourth-order valence-electron chi connectivity index (χ4n) is 3.06. The maximum Gasteiger partial charge on any atom is 0.249 e. The zero-order valence-electron chi connectivity index (χ0n) is 15.1. The highest BCUT2D eigenvalue weighted by Crippen LogP contribution is 2.28. The fourth-order valence-corrected chi connectivity index (χ4v) is 3.06. The first kappa shape index (κ1) is 17.0. The molecule has 1 aromatic heterocycles. The second-order valence-corrected chi connectivity index (χ2v) is 6.65. The van der Waals surface area contributed by atoms with Crippen LogP contribution in [0, 0.1) is 13.8 Å². The predicted molar refractivity (Wildman–Crippen MR) is 102 cm³/mol. The minimum atomic E-state index is -0.751. The van der Waals surface area contributed by atoms with Gasteiger partial charge in [-0.1, -0.05) is 42.5 Å². The van der Waals surface area contributed by atoms with Gasteiger partial charge in [0.15, 0.2) is 5.82 Å².